The average molecular weight is 366 g/mol. The highest BCUT2D eigenvalue weighted by Gasteiger charge is 2.36. The lowest BCUT2D eigenvalue weighted by molar-refractivity contribution is -0.130. The van der Waals surface area contributed by atoms with Crippen molar-refractivity contribution in [2.45, 2.75) is 19.4 Å². The van der Waals surface area contributed by atoms with Crippen molar-refractivity contribution in [3.63, 3.8) is 0 Å². The smallest absolute Gasteiger partial charge is 0.229 e. The molecular weight excluding hydrogens is 340 g/mol. The van der Waals surface area contributed by atoms with Crippen molar-refractivity contribution in [1.82, 2.24) is 4.90 Å². The van der Waals surface area contributed by atoms with Gasteiger partial charge < -0.3 is 29.2 Å². The Balaban J connectivity index is 2.12. The zero-order valence-electron chi connectivity index (χ0n) is 15.8. The van der Waals surface area contributed by atoms with Crippen molar-refractivity contribution in [2.24, 2.45) is 5.92 Å². The number of carbonyl (C=O) groups is 2. The van der Waals surface area contributed by atoms with Gasteiger partial charge in [0.1, 0.15) is 0 Å². The van der Waals surface area contributed by atoms with Crippen LogP contribution >= 0.6 is 0 Å². The highest BCUT2D eigenvalue weighted by Crippen LogP contribution is 2.40. The van der Waals surface area contributed by atoms with Crippen LogP contribution in [-0.2, 0) is 14.3 Å². The van der Waals surface area contributed by atoms with Gasteiger partial charge in [-0.1, -0.05) is 0 Å². The molecule has 8 heteroatoms. The van der Waals surface area contributed by atoms with Gasteiger partial charge in [-0.25, -0.2) is 0 Å². The molecule has 2 atom stereocenters. The first-order valence-electron chi connectivity index (χ1n) is 8.34. The van der Waals surface area contributed by atoms with Gasteiger partial charge in [0.05, 0.1) is 39.9 Å². The summed E-state index contributed by atoms with van der Waals surface area (Å²) in [7, 11) is 6.12. The predicted molar refractivity (Wildman–Crippen MR) is 95.9 cm³/mol. The molecule has 0 spiro atoms. The van der Waals surface area contributed by atoms with Crippen molar-refractivity contribution >= 4 is 17.5 Å². The lowest BCUT2D eigenvalue weighted by Gasteiger charge is -2.24. The van der Waals surface area contributed by atoms with Crippen LogP contribution in [0, 0.1) is 5.92 Å². The van der Waals surface area contributed by atoms with Crippen molar-refractivity contribution in [3.8, 4) is 17.2 Å². The van der Waals surface area contributed by atoms with Gasteiger partial charge in [-0.05, 0) is 6.92 Å². The molecule has 1 aliphatic rings. The van der Waals surface area contributed by atoms with Crippen molar-refractivity contribution in [1.29, 1.82) is 0 Å². The molecule has 1 saturated heterocycles. The van der Waals surface area contributed by atoms with E-state index < -0.39 is 5.92 Å². The highest BCUT2D eigenvalue weighted by atomic mass is 16.5. The second-order valence-corrected chi connectivity index (χ2v) is 6.15. The molecule has 2 amide bonds. The van der Waals surface area contributed by atoms with Crippen LogP contribution in [0.4, 0.5) is 5.69 Å². The third kappa shape index (κ3) is 4.19. The summed E-state index contributed by atoms with van der Waals surface area (Å²) in [5, 5.41) is 2.83. The summed E-state index contributed by atoms with van der Waals surface area (Å²) in [5.41, 5.74) is 0.514. The molecule has 0 radical (unpaired) electrons. The number of benzene rings is 1. The first-order chi connectivity index (χ1) is 12.4. The van der Waals surface area contributed by atoms with Crippen LogP contribution in [0.2, 0.25) is 0 Å². The Hall–Kier alpha value is -2.48. The standard InChI is InChI=1S/C18H26N2O6/c1-11(10-23-2)20-9-12(6-16(20)21)18(22)19-13-7-14(24-3)17(26-5)15(8-13)25-4/h7-8,11-12H,6,9-10H2,1-5H3,(H,19,22)/t11-,12-/m1/s1. The van der Waals surface area contributed by atoms with Crippen molar-refractivity contribution in [3.05, 3.63) is 12.1 Å². The molecule has 8 nitrogen and oxygen atoms in total. The van der Waals surface area contributed by atoms with E-state index in [-0.39, 0.29) is 24.3 Å². The van der Waals surface area contributed by atoms with Gasteiger partial charge in [0.25, 0.3) is 0 Å². The maximum atomic E-state index is 12.6. The third-order valence-electron chi connectivity index (χ3n) is 4.40. The van der Waals surface area contributed by atoms with E-state index in [1.807, 2.05) is 6.92 Å². The molecular formula is C18H26N2O6. The van der Waals surface area contributed by atoms with E-state index in [0.29, 0.717) is 36.1 Å². The number of amides is 2. The molecule has 26 heavy (non-hydrogen) atoms. The minimum Gasteiger partial charge on any atom is -0.493 e. The molecule has 2 rings (SSSR count). The third-order valence-corrected chi connectivity index (χ3v) is 4.40. The quantitative estimate of drug-likeness (QED) is 0.751. The van der Waals surface area contributed by atoms with Crippen LogP contribution in [-0.4, -0.2) is 64.3 Å². The van der Waals surface area contributed by atoms with E-state index in [4.69, 9.17) is 18.9 Å². The van der Waals surface area contributed by atoms with E-state index in [0.717, 1.165) is 0 Å². The molecule has 1 aromatic carbocycles. The maximum absolute atomic E-state index is 12.6. The number of rotatable bonds is 8. The molecule has 1 aromatic rings. The van der Waals surface area contributed by atoms with Gasteiger partial charge in [-0.15, -0.1) is 0 Å². The number of carbonyl (C=O) groups excluding carboxylic acids is 2. The largest absolute Gasteiger partial charge is 0.493 e. The zero-order chi connectivity index (χ0) is 19.3. The summed E-state index contributed by atoms with van der Waals surface area (Å²) < 4.78 is 20.9. The minimum atomic E-state index is -0.416. The summed E-state index contributed by atoms with van der Waals surface area (Å²) in [4.78, 5) is 26.5. The summed E-state index contributed by atoms with van der Waals surface area (Å²) in [6.45, 7) is 2.72. The molecule has 1 N–H and O–H groups in total. The Morgan fingerprint density at radius 2 is 1.81 bits per heavy atom. The number of hydrogen-bond donors (Lipinski definition) is 1. The molecule has 0 aromatic heterocycles. The van der Waals surface area contributed by atoms with Gasteiger partial charge in [0, 0.05) is 37.9 Å². The Labute approximate surface area is 153 Å². The van der Waals surface area contributed by atoms with Gasteiger partial charge in [0.2, 0.25) is 17.6 Å². The lowest BCUT2D eigenvalue weighted by atomic mass is 10.1. The van der Waals surface area contributed by atoms with Gasteiger partial charge in [0.15, 0.2) is 11.5 Å². The van der Waals surface area contributed by atoms with E-state index in [1.54, 1.807) is 24.1 Å². The number of anilines is 1. The average Bonchev–Trinajstić information content (AvgIpc) is 3.03. The number of nitrogens with one attached hydrogen (secondary N) is 1. The molecule has 0 unspecified atom stereocenters. The molecule has 144 valence electrons. The zero-order valence-corrected chi connectivity index (χ0v) is 15.8. The minimum absolute atomic E-state index is 0.0420. The van der Waals surface area contributed by atoms with E-state index >= 15 is 0 Å². The summed E-state index contributed by atoms with van der Waals surface area (Å²) in [6, 6.07) is 3.24. The summed E-state index contributed by atoms with van der Waals surface area (Å²) in [6.07, 6.45) is 0.185. The molecule has 1 fully saturated rings. The van der Waals surface area contributed by atoms with Gasteiger partial charge in [-0.2, -0.15) is 0 Å². The van der Waals surface area contributed by atoms with E-state index in [2.05, 4.69) is 5.32 Å². The Kier molecular flexibility index (Phi) is 6.68. The Morgan fingerprint density at radius 3 is 2.31 bits per heavy atom. The number of methoxy groups -OCH3 is 4. The van der Waals surface area contributed by atoms with Gasteiger partial charge >= 0.3 is 0 Å². The fraction of sp³-hybridized carbons (Fsp3) is 0.556. The first-order valence-corrected chi connectivity index (χ1v) is 8.34. The molecule has 0 saturated carbocycles. The number of likely N-dealkylation sites (tertiary alicyclic amines) is 1. The number of ether oxygens (including phenoxy) is 4. The summed E-state index contributed by atoms with van der Waals surface area (Å²) in [5.74, 6) is 0.656. The summed E-state index contributed by atoms with van der Waals surface area (Å²) >= 11 is 0. The van der Waals surface area contributed by atoms with Crippen LogP contribution < -0.4 is 19.5 Å². The topological polar surface area (TPSA) is 86.3 Å². The normalized spacial score (nSPS) is 17.8. The van der Waals surface area contributed by atoms with Crippen LogP contribution in [0.25, 0.3) is 0 Å². The Morgan fingerprint density at radius 1 is 1.19 bits per heavy atom. The van der Waals surface area contributed by atoms with E-state index in [1.165, 1.54) is 21.3 Å². The SMILES string of the molecule is COC[C@@H](C)N1C[C@H](C(=O)Nc2cc(OC)c(OC)c(OC)c2)CC1=O. The number of nitrogens with zero attached hydrogens (tertiary/aromatic N) is 1. The van der Waals surface area contributed by atoms with E-state index in [9.17, 15) is 9.59 Å². The second-order valence-electron chi connectivity index (χ2n) is 6.15. The first kappa shape index (κ1) is 19.8. The molecule has 0 bridgehead atoms. The number of hydrogen-bond acceptors (Lipinski definition) is 6. The maximum Gasteiger partial charge on any atom is 0.229 e. The Bertz CT molecular complexity index is 638. The van der Waals surface area contributed by atoms with Gasteiger partial charge in [-0.3, -0.25) is 9.59 Å². The fourth-order valence-electron chi connectivity index (χ4n) is 3.06. The fourth-order valence-corrected chi connectivity index (χ4v) is 3.06. The monoisotopic (exact) mass is 366 g/mol. The van der Waals surface area contributed by atoms with Crippen molar-refractivity contribution < 1.29 is 28.5 Å². The van der Waals surface area contributed by atoms with Crippen LogP contribution in [0.15, 0.2) is 12.1 Å². The molecule has 1 heterocycles. The van der Waals surface area contributed by atoms with Crippen LogP contribution in [0.5, 0.6) is 17.2 Å². The van der Waals surface area contributed by atoms with Crippen LogP contribution in [0.3, 0.4) is 0 Å². The second kappa shape index (κ2) is 8.75. The predicted octanol–water partition coefficient (Wildman–Crippen LogP) is 1.53. The van der Waals surface area contributed by atoms with Crippen molar-refractivity contribution in [2.75, 3.05) is 46.9 Å². The van der Waals surface area contributed by atoms with Crippen LogP contribution in [0.1, 0.15) is 13.3 Å². The molecule has 1 aliphatic heterocycles. The molecule has 0 aliphatic carbocycles. The lowest BCUT2D eigenvalue weighted by Crippen LogP contribution is -2.38. The highest BCUT2D eigenvalue weighted by molar-refractivity contribution is 5.97.